The molecular weight excluding hydrogens is 432 g/mol. The van der Waals surface area contributed by atoms with Crippen molar-refractivity contribution in [2.75, 3.05) is 20.2 Å². The lowest BCUT2D eigenvalue weighted by Crippen LogP contribution is -2.41. The highest BCUT2D eigenvalue weighted by Crippen LogP contribution is 2.32. The first kappa shape index (κ1) is 22.0. The van der Waals surface area contributed by atoms with E-state index in [4.69, 9.17) is 9.47 Å². The van der Waals surface area contributed by atoms with Gasteiger partial charge in [-0.1, -0.05) is 44.2 Å². The van der Waals surface area contributed by atoms with E-state index in [2.05, 4.69) is 25.8 Å². The summed E-state index contributed by atoms with van der Waals surface area (Å²) in [5.74, 6) is 0.762. The third-order valence-electron chi connectivity index (χ3n) is 5.60. The molecule has 2 aromatic carbocycles. The van der Waals surface area contributed by atoms with Crippen LogP contribution in [0.5, 0.6) is 10.9 Å². The van der Waals surface area contributed by atoms with E-state index in [-0.39, 0.29) is 11.5 Å². The summed E-state index contributed by atoms with van der Waals surface area (Å²) in [5.41, 5.74) is 1.95. The molecule has 0 saturated carbocycles. The summed E-state index contributed by atoms with van der Waals surface area (Å²) in [7, 11) is -1.87. The molecule has 31 heavy (non-hydrogen) atoms. The Hall–Kier alpha value is -2.16. The van der Waals surface area contributed by atoms with Crippen molar-refractivity contribution in [1.29, 1.82) is 0 Å². The number of thiazole rings is 1. The highest BCUT2D eigenvalue weighted by Gasteiger charge is 2.31. The van der Waals surface area contributed by atoms with Gasteiger partial charge in [0.1, 0.15) is 11.9 Å². The largest absolute Gasteiger partial charge is 0.497 e. The molecule has 166 valence electrons. The third-order valence-corrected chi connectivity index (χ3v) is 8.44. The molecule has 1 fully saturated rings. The number of rotatable bonds is 5. The molecule has 0 aliphatic carbocycles. The van der Waals surface area contributed by atoms with Gasteiger partial charge in [0.2, 0.25) is 10.0 Å². The Balaban J connectivity index is 1.40. The summed E-state index contributed by atoms with van der Waals surface area (Å²) in [6.07, 6.45) is 1.23. The highest BCUT2D eigenvalue weighted by atomic mass is 32.2. The monoisotopic (exact) mass is 460 g/mol. The van der Waals surface area contributed by atoms with Crippen molar-refractivity contribution in [1.82, 2.24) is 9.29 Å². The third kappa shape index (κ3) is 4.71. The topological polar surface area (TPSA) is 68.7 Å². The Morgan fingerprint density at radius 2 is 1.74 bits per heavy atom. The summed E-state index contributed by atoms with van der Waals surface area (Å²) in [5, 5.41) is 0.613. The SMILES string of the molecule is COc1ccc2sc(OC3CCN(S(=O)(=O)c4ccc(C(C)(C)C)cc4)CC3)nc2c1. The number of hydrogen-bond donors (Lipinski definition) is 0. The molecule has 1 saturated heterocycles. The Kier molecular flexibility index (Phi) is 5.98. The fourth-order valence-corrected chi connectivity index (χ4v) is 6.00. The van der Waals surface area contributed by atoms with E-state index in [9.17, 15) is 8.42 Å². The van der Waals surface area contributed by atoms with E-state index in [1.807, 2.05) is 30.3 Å². The minimum absolute atomic E-state index is 0.0102. The predicted molar refractivity (Wildman–Crippen MR) is 124 cm³/mol. The lowest BCUT2D eigenvalue weighted by atomic mass is 9.87. The zero-order valence-electron chi connectivity index (χ0n) is 18.3. The van der Waals surface area contributed by atoms with E-state index < -0.39 is 10.0 Å². The molecule has 1 aliphatic heterocycles. The van der Waals surface area contributed by atoms with Crippen LogP contribution in [0.25, 0.3) is 10.2 Å². The summed E-state index contributed by atoms with van der Waals surface area (Å²) in [6.45, 7) is 7.22. The van der Waals surface area contributed by atoms with E-state index in [1.165, 1.54) is 11.3 Å². The second-order valence-corrected chi connectivity index (χ2v) is 11.7. The van der Waals surface area contributed by atoms with Gasteiger partial charge >= 0.3 is 0 Å². The Morgan fingerprint density at radius 1 is 1.06 bits per heavy atom. The molecule has 4 rings (SSSR count). The minimum Gasteiger partial charge on any atom is -0.497 e. The first-order valence-electron chi connectivity index (χ1n) is 10.4. The van der Waals surface area contributed by atoms with Crippen molar-refractivity contribution in [2.24, 2.45) is 0 Å². The maximum atomic E-state index is 13.1. The fraction of sp³-hybridized carbons (Fsp3) is 0.435. The average Bonchev–Trinajstić information content (AvgIpc) is 3.15. The molecular formula is C23H28N2O4S2. The molecule has 3 aromatic rings. The molecule has 0 spiro atoms. The van der Waals surface area contributed by atoms with Gasteiger partial charge in [0.25, 0.3) is 5.19 Å². The van der Waals surface area contributed by atoms with Crippen LogP contribution in [0, 0.1) is 0 Å². The maximum absolute atomic E-state index is 13.1. The quantitative estimate of drug-likeness (QED) is 0.545. The highest BCUT2D eigenvalue weighted by molar-refractivity contribution is 7.89. The smallest absolute Gasteiger partial charge is 0.274 e. The van der Waals surface area contributed by atoms with Gasteiger partial charge in [0.05, 0.1) is 22.2 Å². The molecule has 6 nitrogen and oxygen atoms in total. The van der Waals surface area contributed by atoms with Crippen molar-refractivity contribution in [3.05, 3.63) is 48.0 Å². The zero-order chi connectivity index (χ0) is 22.2. The van der Waals surface area contributed by atoms with Crippen molar-refractivity contribution < 1.29 is 17.9 Å². The summed E-state index contributed by atoms with van der Waals surface area (Å²) >= 11 is 1.50. The van der Waals surface area contributed by atoms with Gasteiger partial charge < -0.3 is 9.47 Å². The number of benzene rings is 2. The minimum atomic E-state index is -3.50. The number of ether oxygens (including phenoxy) is 2. The van der Waals surface area contributed by atoms with E-state index >= 15 is 0 Å². The zero-order valence-corrected chi connectivity index (χ0v) is 19.9. The number of hydrogen-bond acceptors (Lipinski definition) is 6. The van der Waals surface area contributed by atoms with Gasteiger partial charge in [-0.3, -0.25) is 0 Å². The summed E-state index contributed by atoms with van der Waals surface area (Å²) < 4.78 is 40.0. The lowest BCUT2D eigenvalue weighted by Gasteiger charge is -2.31. The molecule has 8 heteroatoms. The van der Waals surface area contributed by atoms with Crippen LogP contribution in [0.3, 0.4) is 0 Å². The van der Waals surface area contributed by atoms with Crippen LogP contribution in [-0.2, 0) is 15.4 Å². The average molecular weight is 461 g/mol. The van der Waals surface area contributed by atoms with E-state index in [0.717, 1.165) is 21.5 Å². The number of sulfonamides is 1. The van der Waals surface area contributed by atoms with Crippen LogP contribution in [0.4, 0.5) is 0 Å². The van der Waals surface area contributed by atoms with E-state index in [1.54, 1.807) is 23.5 Å². The molecule has 0 radical (unpaired) electrons. The molecule has 0 N–H and O–H groups in total. The molecule has 2 heterocycles. The molecule has 0 amide bonds. The van der Waals surface area contributed by atoms with Gasteiger partial charge in [-0.05, 0) is 48.1 Å². The lowest BCUT2D eigenvalue weighted by molar-refractivity contribution is 0.135. The van der Waals surface area contributed by atoms with Crippen molar-refractivity contribution in [3.8, 4) is 10.9 Å². The number of nitrogens with zero attached hydrogens (tertiary/aromatic N) is 2. The van der Waals surface area contributed by atoms with Crippen molar-refractivity contribution in [3.63, 3.8) is 0 Å². The molecule has 0 bridgehead atoms. The van der Waals surface area contributed by atoms with Crippen LogP contribution in [-0.4, -0.2) is 44.0 Å². The molecule has 0 unspecified atom stereocenters. The first-order chi connectivity index (χ1) is 14.7. The first-order valence-corrected chi connectivity index (χ1v) is 12.6. The van der Waals surface area contributed by atoms with Crippen LogP contribution < -0.4 is 9.47 Å². The molecule has 1 aliphatic rings. The number of piperidine rings is 1. The van der Waals surface area contributed by atoms with E-state index in [0.29, 0.717) is 36.0 Å². The van der Waals surface area contributed by atoms with Crippen LogP contribution >= 0.6 is 11.3 Å². The van der Waals surface area contributed by atoms with Gasteiger partial charge in [-0.25, -0.2) is 13.4 Å². The van der Waals surface area contributed by atoms with Crippen LogP contribution in [0.15, 0.2) is 47.4 Å². The Morgan fingerprint density at radius 3 is 2.35 bits per heavy atom. The van der Waals surface area contributed by atoms with Crippen molar-refractivity contribution >= 4 is 31.6 Å². The predicted octanol–water partition coefficient (Wildman–Crippen LogP) is 4.83. The Labute approximate surface area is 187 Å². The second-order valence-electron chi connectivity index (χ2n) is 8.81. The normalized spacial score (nSPS) is 16.5. The van der Waals surface area contributed by atoms with Gasteiger partial charge in [0.15, 0.2) is 0 Å². The number of aromatic nitrogens is 1. The summed E-state index contributed by atoms with van der Waals surface area (Å²) in [4.78, 5) is 4.89. The Bertz CT molecular complexity index is 1160. The maximum Gasteiger partial charge on any atom is 0.274 e. The van der Waals surface area contributed by atoms with Gasteiger partial charge in [-0.2, -0.15) is 4.31 Å². The van der Waals surface area contributed by atoms with Crippen molar-refractivity contribution in [2.45, 2.75) is 50.0 Å². The van der Waals surface area contributed by atoms with Crippen LogP contribution in [0.1, 0.15) is 39.2 Å². The second kappa shape index (κ2) is 8.41. The fourth-order valence-electron chi connectivity index (χ4n) is 3.67. The molecule has 0 atom stereocenters. The summed E-state index contributed by atoms with van der Waals surface area (Å²) in [6, 6.07) is 13.0. The number of fused-ring (bicyclic) bond motifs is 1. The standard InChI is InChI=1S/C23H28N2O4S2/c1-23(2,3)16-5-8-19(9-6-16)31(26,27)25-13-11-17(12-14-25)29-22-24-20-15-18(28-4)7-10-21(20)30-22/h5-10,15,17H,11-14H2,1-4H3. The van der Waals surface area contributed by atoms with Gasteiger partial charge in [0, 0.05) is 19.2 Å². The molecule has 1 aromatic heterocycles. The van der Waals surface area contributed by atoms with Crippen LogP contribution in [0.2, 0.25) is 0 Å². The van der Waals surface area contributed by atoms with Gasteiger partial charge in [-0.15, -0.1) is 0 Å². The number of methoxy groups -OCH3 is 1.